The third-order valence-electron chi connectivity index (χ3n) is 10.1. The third-order valence-corrected chi connectivity index (χ3v) is 10.1. The minimum absolute atomic E-state index is 0. The van der Waals surface area contributed by atoms with Gasteiger partial charge in [0, 0.05) is 5.97 Å². The van der Waals surface area contributed by atoms with Gasteiger partial charge in [-0.2, -0.15) is 0 Å². The van der Waals surface area contributed by atoms with Crippen LogP contribution in [0.1, 0.15) is 97.8 Å². The van der Waals surface area contributed by atoms with Gasteiger partial charge in [0.2, 0.25) is 0 Å². The maximum atomic E-state index is 10.9. The molecule has 4 aliphatic rings. The van der Waals surface area contributed by atoms with Crippen LogP contribution in [0.25, 0.3) is 0 Å². The van der Waals surface area contributed by atoms with E-state index in [2.05, 4.69) is 20.8 Å². The van der Waals surface area contributed by atoms with Crippen molar-refractivity contribution in [1.29, 1.82) is 0 Å². The van der Waals surface area contributed by atoms with Crippen LogP contribution in [0.5, 0.6) is 0 Å². The molecule has 0 heterocycles. The van der Waals surface area contributed by atoms with Gasteiger partial charge in [0.1, 0.15) is 0 Å². The van der Waals surface area contributed by atoms with Crippen molar-refractivity contribution in [1.82, 2.24) is 0 Å². The van der Waals surface area contributed by atoms with Gasteiger partial charge in [-0.3, -0.25) is 0 Å². The van der Waals surface area contributed by atoms with Crippen molar-refractivity contribution in [2.75, 3.05) is 0 Å². The molecule has 0 aliphatic heterocycles. The van der Waals surface area contributed by atoms with E-state index in [1.54, 1.807) is 0 Å². The molecule has 4 N–H and O–H groups in total. The molecule has 0 aromatic heterocycles. The van der Waals surface area contributed by atoms with Gasteiger partial charge in [0.25, 0.3) is 0 Å². The van der Waals surface area contributed by atoms with E-state index in [0.29, 0.717) is 16.7 Å². The molecule has 0 saturated heterocycles. The van der Waals surface area contributed by atoms with E-state index in [1.807, 2.05) is 0 Å². The molecule has 5 heteroatoms. The van der Waals surface area contributed by atoms with Crippen molar-refractivity contribution >= 4 is 5.97 Å². The predicted molar refractivity (Wildman–Crippen MR) is 110 cm³/mol. The molecule has 4 aliphatic carbocycles. The first kappa shape index (κ1) is 27.4. The quantitative estimate of drug-likeness (QED) is 0.623. The summed E-state index contributed by atoms with van der Waals surface area (Å²) in [5.74, 6) is 4.20. The fourth-order valence-electron chi connectivity index (χ4n) is 8.82. The van der Waals surface area contributed by atoms with Crippen LogP contribution in [-0.2, 0) is 4.79 Å². The van der Waals surface area contributed by atoms with Gasteiger partial charge in [0.05, 0.1) is 0 Å². The Labute approximate surface area is 199 Å². The van der Waals surface area contributed by atoms with Crippen LogP contribution in [-0.4, -0.2) is 16.9 Å². The van der Waals surface area contributed by atoms with E-state index in [1.165, 1.54) is 64.2 Å². The van der Waals surface area contributed by atoms with Crippen molar-refractivity contribution in [2.45, 2.75) is 97.8 Å². The molecular formula is C24H43NaO4. The molecule has 164 valence electrons. The second-order valence-corrected chi connectivity index (χ2v) is 11.0. The summed E-state index contributed by atoms with van der Waals surface area (Å²) < 4.78 is 0. The first-order chi connectivity index (χ1) is 12.4. The molecule has 0 radical (unpaired) electrons. The van der Waals surface area contributed by atoms with Crippen LogP contribution in [0.2, 0.25) is 0 Å². The minimum atomic E-state index is -0.871. The van der Waals surface area contributed by atoms with Crippen molar-refractivity contribution in [2.24, 2.45) is 46.3 Å². The van der Waals surface area contributed by atoms with E-state index in [-0.39, 0.29) is 46.9 Å². The normalized spacial score (nSPS) is 43.9. The van der Waals surface area contributed by atoms with Crippen molar-refractivity contribution in [3.8, 4) is 0 Å². The molecule has 8 atom stereocenters. The van der Waals surface area contributed by atoms with Gasteiger partial charge < -0.3 is 20.9 Å². The Hall–Kier alpha value is 0.390. The van der Waals surface area contributed by atoms with E-state index in [0.717, 1.165) is 36.0 Å². The number of carboxylic acids is 1. The fourth-order valence-corrected chi connectivity index (χ4v) is 8.82. The Morgan fingerprint density at radius 2 is 1.62 bits per heavy atom. The number of hydrogen-bond donors (Lipinski definition) is 0. The number of carboxylic acid groups (broad SMARTS) is 1. The predicted octanol–water partition coefficient (Wildman–Crippen LogP) is 0.556. The average molecular weight is 419 g/mol. The maximum Gasteiger partial charge on any atom is 1.00 e. The molecule has 4 nitrogen and oxygen atoms in total. The SMILES string of the molecule is C[C@H](CCC(=O)[O-])[C@H]1CC[C@H]2[C@@H]3CCC4CCCC[C@]4(C)[C@H]3CC[C@]12C.O.O.[Na+]. The van der Waals surface area contributed by atoms with Crippen LogP contribution in [0.4, 0.5) is 0 Å². The largest absolute Gasteiger partial charge is 1.00 e. The third kappa shape index (κ3) is 4.62. The topological polar surface area (TPSA) is 103 Å². The number of aliphatic carboxylic acids is 1. The second kappa shape index (κ2) is 10.3. The summed E-state index contributed by atoms with van der Waals surface area (Å²) in [6.45, 7) is 7.55. The summed E-state index contributed by atoms with van der Waals surface area (Å²) in [5, 5.41) is 10.9. The first-order valence-electron chi connectivity index (χ1n) is 11.6. The van der Waals surface area contributed by atoms with Crippen molar-refractivity contribution < 1.29 is 50.4 Å². The van der Waals surface area contributed by atoms with Crippen molar-refractivity contribution in [3.63, 3.8) is 0 Å². The van der Waals surface area contributed by atoms with Crippen LogP contribution in [0.3, 0.4) is 0 Å². The summed E-state index contributed by atoms with van der Waals surface area (Å²) in [6, 6.07) is 0. The van der Waals surface area contributed by atoms with E-state index < -0.39 is 5.97 Å². The van der Waals surface area contributed by atoms with Crippen molar-refractivity contribution in [3.05, 3.63) is 0 Å². The van der Waals surface area contributed by atoms with Gasteiger partial charge in [0.15, 0.2) is 0 Å². The number of carbonyl (C=O) groups is 1. The Kier molecular flexibility index (Phi) is 9.78. The molecule has 4 fully saturated rings. The Morgan fingerprint density at radius 3 is 2.31 bits per heavy atom. The average Bonchev–Trinajstić information content (AvgIpc) is 2.96. The maximum absolute atomic E-state index is 10.9. The zero-order valence-electron chi connectivity index (χ0n) is 19.3. The Morgan fingerprint density at radius 1 is 0.931 bits per heavy atom. The molecule has 0 aromatic rings. The van der Waals surface area contributed by atoms with E-state index in [4.69, 9.17) is 0 Å². The molecule has 0 amide bonds. The molecule has 0 aromatic carbocycles. The van der Waals surface area contributed by atoms with Crippen LogP contribution in [0, 0.1) is 46.3 Å². The van der Waals surface area contributed by atoms with Crippen LogP contribution >= 0.6 is 0 Å². The van der Waals surface area contributed by atoms with Gasteiger partial charge >= 0.3 is 29.6 Å². The molecule has 0 bridgehead atoms. The monoisotopic (exact) mass is 418 g/mol. The standard InChI is InChI=1S/C24H40O2.Na.2H2O/c1-16(7-12-22(25)26)19-10-11-20-18-9-8-17-6-4-5-14-23(17,2)21(18)13-15-24(19,20)3;;;/h16-21H,4-15H2,1-3H3,(H,25,26);;2*1H2/q;+1;;/p-1/t16-,17?,18+,19-,20+,21+,23+,24-;;;/m1.../s1. The summed E-state index contributed by atoms with van der Waals surface area (Å²) in [6.07, 6.45) is 15.5. The summed E-state index contributed by atoms with van der Waals surface area (Å²) >= 11 is 0. The number of hydrogen-bond acceptors (Lipinski definition) is 2. The van der Waals surface area contributed by atoms with Gasteiger partial charge in [-0.05, 0) is 111 Å². The smallest absolute Gasteiger partial charge is 0.550 e. The summed E-state index contributed by atoms with van der Waals surface area (Å²) in [4.78, 5) is 10.9. The second-order valence-electron chi connectivity index (χ2n) is 11.0. The van der Waals surface area contributed by atoms with Gasteiger partial charge in [-0.1, -0.05) is 33.6 Å². The molecule has 29 heavy (non-hydrogen) atoms. The minimum Gasteiger partial charge on any atom is -0.550 e. The van der Waals surface area contributed by atoms with Gasteiger partial charge in [-0.25, -0.2) is 0 Å². The molecule has 4 rings (SSSR count). The fraction of sp³-hybridized carbons (Fsp3) is 0.958. The molecule has 1 unspecified atom stereocenters. The zero-order valence-corrected chi connectivity index (χ0v) is 21.3. The van der Waals surface area contributed by atoms with Gasteiger partial charge in [-0.15, -0.1) is 0 Å². The zero-order chi connectivity index (χ0) is 18.5. The molecule has 0 spiro atoms. The molecular weight excluding hydrogens is 375 g/mol. The number of rotatable bonds is 4. The van der Waals surface area contributed by atoms with E-state index >= 15 is 0 Å². The molecule has 4 saturated carbocycles. The van der Waals surface area contributed by atoms with Crippen LogP contribution < -0.4 is 34.7 Å². The number of fused-ring (bicyclic) bond motifs is 5. The Balaban J connectivity index is 0.00000140. The number of carbonyl (C=O) groups excluding carboxylic acids is 1. The van der Waals surface area contributed by atoms with E-state index in [9.17, 15) is 9.90 Å². The summed E-state index contributed by atoms with van der Waals surface area (Å²) in [5.41, 5.74) is 1.09. The Bertz CT molecular complexity index is 555. The summed E-state index contributed by atoms with van der Waals surface area (Å²) in [7, 11) is 0. The first-order valence-corrected chi connectivity index (χ1v) is 11.6. The van der Waals surface area contributed by atoms with Crippen LogP contribution in [0.15, 0.2) is 0 Å².